The number of carbonyl (C=O) groups is 1. The summed E-state index contributed by atoms with van der Waals surface area (Å²) in [7, 11) is 0. The van der Waals surface area contributed by atoms with Crippen molar-refractivity contribution in [3.05, 3.63) is 102 Å². The van der Waals surface area contributed by atoms with E-state index in [1.807, 2.05) is 42.5 Å². The molecular formula is C28H28N4O. The first kappa shape index (κ1) is 22.2. The molecule has 166 valence electrons. The fourth-order valence-corrected chi connectivity index (χ4v) is 3.50. The van der Waals surface area contributed by atoms with E-state index in [-0.39, 0.29) is 5.91 Å². The highest BCUT2D eigenvalue weighted by Crippen LogP contribution is 2.22. The minimum absolute atomic E-state index is 0.133. The van der Waals surface area contributed by atoms with Crippen LogP contribution in [0.15, 0.2) is 85.2 Å². The molecule has 0 bridgehead atoms. The smallest absolute Gasteiger partial charge is 0.255 e. The summed E-state index contributed by atoms with van der Waals surface area (Å²) in [6, 6.07) is 25.5. The van der Waals surface area contributed by atoms with Crippen LogP contribution in [0.5, 0.6) is 0 Å². The van der Waals surface area contributed by atoms with E-state index in [2.05, 4.69) is 58.7 Å². The van der Waals surface area contributed by atoms with Gasteiger partial charge in [0.25, 0.3) is 5.91 Å². The third-order valence-electron chi connectivity index (χ3n) is 5.46. The first-order valence-corrected chi connectivity index (χ1v) is 11.3. The van der Waals surface area contributed by atoms with Crippen molar-refractivity contribution in [1.82, 2.24) is 9.97 Å². The predicted octanol–water partition coefficient (Wildman–Crippen LogP) is 6.79. The molecule has 0 saturated heterocycles. The Morgan fingerprint density at radius 2 is 1.55 bits per heavy atom. The van der Waals surface area contributed by atoms with Gasteiger partial charge in [-0.3, -0.25) is 4.79 Å². The van der Waals surface area contributed by atoms with Crippen LogP contribution in [0, 0.1) is 6.92 Å². The van der Waals surface area contributed by atoms with E-state index in [0.717, 1.165) is 29.1 Å². The zero-order chi connectivity index (χ0) is 23.0. The van der Waals surface area contributed by atoms with Gasteiger partial charge < -0.3 is 10.6 Å². The van der Waals surface area contributed by atoms with Gasteiger partial charge in [-0.1, -0.05) is 55.3 Å². The molecule has 5 heteroatoms. The summed E-state index contributed by atoms with van der Waals surface area (Å²) < 4.78 is 0. The van der Waals surface area contributed by atoms with Gasteiger partial charge in [-0.2, -0.15) is 0 Å². The first-order valence-electron chi connectivity index (χ1n) is 11.3. The van der Waals surface area contributed by atoms with Gasteiger partial charge in [0.05, 0.1) is 5.69 Å². The van der Waals surface area contributed by atoms with E-state index in [0.29, 0.717) is 11.4 Å². The van der Waals surface area contributed by atoms with Crippen LogP contribution in [-0.4, -0.2) is 15.9 Å². The Hall–Kier alpha value is -3.99. The van der Waals surface area contributed by atoms with Gasteiger partial charge >= 0.3 is 0 Å². The number of hydrogen-bond acceptors (Lipinski definition) is 4. The molecule has 1 aromatic heterocycles. The molecule has 0 aliphatic heterocycles. The third-order valence-corrected chi connectivity index (χ3v) is 5.46. The van der Waals surface area contributed by atoms with Crippen LogP contribution in [0.4, 0.5) is 17.2 Å². The molecule has 0 saturated carbocycles. The number of aromatic nitrogens is 2. The number of nitrogens with zero attached hydrogens (tertiary/aromatic N) is 2. The van der Waals surface area contributed by atoms with Crippen molar-refractivity contribution >= 4 is 23.1 Å². The molecule has 0 unspecified atom stereocenters. The van der Waals surface area contributed by atoms with E-state index in [9.17, 15) is 4.79 Å². The van der Waals surface area contributed by atoms with E-state index in [1.165, 1.54) is 24.0 Å². The predicted molar refractivity (Wildman–Crippen MR) is 135 cm³/mol. The normalized spacial score (nSPS) is 10.6. The van der Waals surface area contributed by atoms with Crippen LogP contribution in [0.3, 0.4) is 0 Å². The summed E-state index contributed by atoms with van der Waals surface area (Å²) in [5, 5.41) is 6.24. The van der Waals surface area contributed by atoms with E-state index in [4.69, 9.17) is 0 Å². The number of hydrogen-bond donors (Lipinski definition) is 2. The Balaban J connectivity index is 1.38. The zero-order valence-corrected chi connectivity index (χ0v) is 19.0. The fourth-order valence-electron chi connectivity index (χ4n) is 3.50. The molecule has 5 nitrogen and oxygen atoms in total. The van der Waals surface area contributed by atoms with E-state index >= 15 is 0 Å². The maximum absolute atomic E-state index is 12.6. The summed E-state index contributed by atoms with van der Waals surface area (Å²) in [6.45, 7) is 4.25. The summed E-state index contributed by atoms with van der Waals surface area (Å²) in [5.41, 5.74) is 6.63. The van der Waals surface area contributed by atoms with Crippen LogP contribution in [0.1, 0.15) is 41.3 Å². The molecule has 2 N–H and O–H groups in total. The number of anilines is 3. The van der Waals surface area contributed by atoms with Gasteiger partial charge in [0.2, 0.25) is 0 Å². The van der Waals surface area contributed by atoms with Crippen LogP contribution >= 0.6 is 0 Å². The van der Waals surface area contributed by atoms with Crippen LogP contribution in [0.2, 0.25) is 0 Å². The largest absolute Gasteiger partial charge is 0.340 e. The van der Waals surface area contributed by atoms with Crippen LogP contribution < -0.4 is 10.6 Å². The van der Waals surface area contributed by atoms with E-state index < -0.39 is 0 Å². The van der Waals surface area contributed by atoms with Gasteiger partial charge in [-0.15, -0.1) is 0 Å². The Labute approximate surface area is 194 Å². The molecule has 0 aliphatic rings. The van der Waals surface area contributed by atoms with Crippen molar-refractivity contribution in [2.75, 3.05) is 10.6 Å². The maximum atomic E-state index is 12.6. The minimum Gasteiger partial charge on any atom is -0.340 e. The molecule has 0 atom stereocenters. The Bertz CT molecular complexity index is 1200. The van der Waals surface area contributed by atoms with Crippen molar-refractivity contribution < 1.29 is 4.79 Å². The van der Waals surface area contributed by atoms with Gasteiger partial charge in [-0.05, 0) is 61.7 Å². The molecule has 0 fully saturated rings. The quantitative estimate of drug-likeness (QED) is 0.319. The lowest BCUT2D eigenvalue weighted by molar-refractivity contribution is 0.102. The molecule has 33 heavy (non-hydrogen) atoms. The van der Waals surface area contributed by atoms with Crippen molar-refractivity contribution in [2.24, 2.45) is 0 Å². The van der Waals surface area contributed by atoms with Gasteiger partial charge in [0.1, 0.15) is 12.1 Å². The fraction of sp³-hybridized carbons (Fsp3) is 0.179. The molecule has 1 heterocycles. The average Bonchev–Trinajstić information content (AvgIpc) is 2.85. The SMILES string of the molecule is CCCCc1ccc(NC(=O)c2ccc(Nc3cc(-c4ccc(C)cc4)ncn3)cc2)cc1. The van der Waals surface area contributed by atoms with Gasteiger partial charge in [-0.25, -0.2) is 9.97 Å². The number of benzene rings is 3. The van der Waals surface area contributed by atoms with Gasteiger partial charge in [0, 0.05) is 28.6 Å². The molecule has 4 aromatic rings. The number of nitrogens with one attached hydrogen (secondary N) is 2. The number of unbranched alkanes of at least 4 members (excludes halogenated alkanes) is 1. The summed E-state index contributed by atoms with van der Waals surface area (Å²) in [6.07, 6.45) is 4.97. The number of carbonyl (C=O) groups excluding carboxylic acids is 1. The highest BCUT2D eigenvalue weighted by Gasteiger charge is 2.07. The van der Waals surface area contributed by atoms with Crippen molar-refractivity contribution in [3.63, 3.8) is 0 Å². The van der Waals surface area contributed by atoms with E-state index in [1.54, 1.807) is 18.5 Å². The first-order chi connectivity index (χ1) is 16.1. The highest BCUT2D eigenvalue weighted by atomic mass is 16.1. The van der Waals surface area contributed by atoms with Gasteiger partial charge in [0.15, 0.2) is 0 Å². The number of aryl methyl sites for hydroxylation is 2. The summed E-state index contributed by atoms with van der Waals surface area (Å²) in [4.78, 5) is 21.3. The lowest BCUT2D eigenvalue weighted by atomic mass is 10.1. The monoisotopic (exact) mass is 436 g/mol. The Morgan fingerprint density at radius 3 is 2.24 bits per heavy atom. The second-order valence-electron chi connectivity index (χ2n) is 8.11. The minimum atomic E-state index is -0.133. The molecule has 3 aromatic carbocycles. The van der Waals surface area contributed by atoms with Crippen molar-refractivity contribution in [2.45, 2.75) is 33.1 Å². The summed E-state index contributed by atoms with van der Waals surface area (Å²) in [5.74, 6) is 0.562. The lowest BCUT2D eigenvalue weighted by Gasteiger charge is -2.09. The standard InChI is InChI=1S/C28H28N4O/c1-3-4-5-21-8-14-25(15-9-21)32-28(33)23-12-16-24(17-13-23)31-27-18-26(29-19-30-27)22-10-6-20(2)7-11-22/h6-19H,3-5H2,1-2H3,(H,32,33)(H,29,30,31). The Morgan fingerprint density at radius 1 is 0.848 bits per heavy atom. The van der Waals surface area contributed by atoms with Crippen LogP contribution in [-0.2, 0) is 6.42 Å². The molecular weight excluding hydrogens is 408 g/mol. The molecule has 0 spiro atoms. The number of amides is 1. The Kier molecular flexibility index (Phi) is 7.10. The summed E-state index contributed by atoms with van der Waals surface area (Å²) >= 11 is 0. The molecule has 0 aliphatic carbocycles. The molecule has 4 rings (SSSR count). The van der Waals surface area contributed by atoms with Crippen molar-refractivity contribution in [1.29, 1.82) is 0 Å². The second kappa shape index (κ2) is 10.6. The topological polar surface area (TPSA) is 66.9 Å². The lowest BCUT2D eigenvalue weighted by Crippen LogP contribution is -2.11. The maximum Gasteiger partial charge on any atom is 0.255 e. The van der Waals surface area contributed by atoms with Crippen molar-refractivity contribution in [3.8, 4) is 11.3 Å². The average molecular weight is 437 g/mol. The molecule has 1 amide bonds. The highest BCUT2D eigenvalue weighted by molar-refractivity contribution is 6.04. The number of rotatable bonds is 8. The zero-order valence-electron chi connectivity index (χ0n) is 19.0. The molecule has 0 radical (unpaired) electrons. The third kappa shape index (κ3) is 6.04. The van der Waals surface area contributed by atoms with Crippen LogP contribution in [0.25, 0.3) is 11.3 Å². The second-order valence-corrected chi connectivity index (χ2v) is 8.11.